The Morgan fingerprint density at radius 3 is 2.75 bits per heavy atom. The molecule has 6 nitrogen and oxygen atoms in total. The highest BCUT2D eigenvalue weighted by Gasteiger charge is 2.50. The Morgan fingerprint density at radius 1 is 1.19 bits per heavy atom. The van der Waals surface area contributed by atoms with Crippen molar-refractivity contribution in [3.63, 3.8) is 0 Å². The van der Waals surface area contributed by atoms with E-state index in [0.29, 0.717) is 23.7 Å². The summed E-state index contributed by atoms with van der Waals surface area (Å²) >= 11 is 0. The van der Waals surface area contributed by atoms with Crippen LogP contribution in [0.3, 0.4) is 0 Å². The van der Waals surface area contributed by atoms with Crippen LogP contribution in [0.4, 0.5) is 5.69 Å². The third kappa shape index (κ3) is 3.07. The smallest absolute Gasteiger partial charge is 0.276 e. The van der Waals surface area contributed by atoms with E-state index in [1.807, 2.05) is 49.6 Å². The Kier molecular flexibility index (Phi) is 4.91. The van der Waals surface area contributed by atoms with Crippen molar-refractivity contribution in [1.29, 1.82) is 0 Å². The van der Waals surface area contributed by atoms with E-state index in [1.165, 1.54) is 6.42 Å². The number of hydrogen-bond donors (Lipinski definition) is 1. The molecular formula is C26H31N3O3. The zero-order valence-electron chi connectivity index (χ0n) is 19.3. The number of benzene rings is 1. The quantitative estimate of drug-likeness (QED) is 0.634. The number of aryl methyl sites for hydroxylation is 1. The van der Waals surface area contributed by atoms with Crippen LogP contribution in [0.2, 0.25) is 0 Å². The Morgan fingerprint density at radius 2 is 1.97 bits per heavy atom. The second-order valence-corrected chi connectivity index (χ2v) is 9.76. The van der Waals surface area contributed by atoms with Gasteiger partial charge in [0, 0.05) is 23.9 Å². The fourth-order valence-electron chi connectivity index (χ4n) is 5.42. The summed E-state index contributed by atoms with van der Waals surface area (Å²) < 4.78 is 7.51. The van der Waals surface area contributed by atoms with Gasteiger partial charge in [0.2, 0.25) is 5.91 Å². The van der Waals surface area contributed by atoms with E-state index < -0.39 is 5.54 Å². The van der Waals surface area contributed by atoms with Crippen molar-refractivity contribution in [2.45, 2.75) is 71.5 Å². The summed E-state index contributed by atoms with van der Waals surface area (Å²) in [6.07, 6.45) is 6.08. The van der Waals surface area contributed by atoms with Gasteiger partial charge in [-0.3, -0.25) is 14.5 Å². The third-order valence-electron chi connectivity index (χ3n) is 7.64. The average Bonchev–Trinajstić information content (AvgIpc) is 3.35. The lowest BCUT2D eigenvalue weighted by Crippen LogP contribution is -2.66. The third-order valence-corrected chi connectivity index (χ3v) is 7.64. The highest BCUT2D eigenvalue weighted by molar-refractivity contribution is 6.14. The second-order valence-electron chi connectivity index (χ2n) is 9.76. The number of hydrogen-bond acceptors (Lipinski definition) is 3. The molecule has 1 aromatic carbocycles. The van der Waals surface area contributed by atoms with Gasteiger partial charge in [0.05, 0.1) is 18.3 Å². The number of amides is 2. The van der Waals surface area contributed by atoms with Gasteiger partial charge in [-0.15, -0.1) is 0 Å². The van der Waals surface area contributed by atoms with Crippen molar-refractivity contribution in [1.82, 2.24) is 9.88 Å². The highest BCUT2D eigenvalue weighted by atomic mass is 16.3. The standard InChI is InChI=1S/C26H31N3O3/c1-16-9-7-11-20(18(16)3)29-24(30)22-14-23-21(12-13-32-23)28(22)15-26(29,4)25(31)27-19-10-6-5-8-17(19)2/h7,9,11-14,17,19H,5-6,8,10,15H2,1-4H3,(H,27,31)/t17-,19-,26-/m1/s1. The number of anilines is 1. The molecule has 3 heterocycles. The maximum Gasteiger partial charge on any atom is 0.276 e. The number of fused-ring (bicyclic) bond motifs is 3. The van der Waals surface area contributed by atoms with Crippen molar-refractivity contribution >= 4 is 28.6 Å². The van der Waals surface area contributed by atoms with Crippen LogP contribution < -0.4 is 10.2 Å². The van der Waals surface area contributed by atoms with Crippen LogP contribution in [0, 0.1) is 19.8 Å². The Labute approximate surface area is 188 Å². The Balaban J connectivity index is 1.63. The molecule has 1 aliphatic carbocycles. The molecule has 2 aromatic heterocycles. The zero-order chi connectivity index (χ0) is 22.6. The van der Waals surface area contributed by atoms with E-state index >= 15 is 0 Å². The molecule has 6 heteroatoms. The van der Waals surface area contributed by atoms with Gasteiger partial charge in [0.15, 0.2) is 5.58 Å². The molecule has 1 N–H and O–H groups in total. The molecule has 3 aromatic rings. The Hall–Kier alpha value is -3.02. The van der Waals surface area contributed by atoms with Gasteiger partial charge in [0.1, 0.15) is 11.2 Å². The van der Waals surface area contributed by atoms with Crippen LogP contribution >= 0.6 is 0 Å². The fourth-order valence-corrected chi connectivity index (χ4v) is 5.42. The molecule has 0 saturated heterocycles. The normalized spacial score (nSPS) is 25.8. The molecule has 2 aliphatic rings. The maximum absolute atomic E-state index is 13.9. The minimum Gasteiger partial charge on any atom is -0.463 e. The molecule has 32 heavy (non-hydrogen) atoms. The number of rotatable bonds is 3. The van der Waals surface area contributed by atoms with Crippen molar-refractivity contribution in [2.24, 2.45) is 5.92 Å². The van der Waals surface area contributed by atoms with Gasteiger partial charge in [-0.25, -0.2) is 0 Å². The number of furan rings is 1. The van der Waals surface area contributed by atoms with Crippen molar-refractivity contribution in [3.8, 4) is 0 Å². The van der Waals surface area contributed by atoms with Crippen molar-refractivity contribution in [2.75, 3.05) is 4.90 Å². The van der Waals surface area contributed by atoms with Crippen molar-refractivity contribution in [3.05, 3.63) is 53.4 Å². The molecule has 0 radical (unpaired) electrons. The lowest BCUT2D eigenvalue weighted by atomic mass is 9.84. The van der Waals surface area contributed by atoms with E-state index in [1.54, 1.807) is 17.2 Å². The lowest BCUT2D eigenvalue weighted by molar-refractivity contribution is -0.127. The van der Waals surface area contributed by atoms with Crippen LogP contribution in [0.5, 0.6) is 0 Å². The zero-order valence-corrected chi connectivity index (χ0v) is 19.3. The van der Waals surface area contributed by atoms with E-state index in [0.717, 1.165) is 41.6 Å². The van der Waals surface area contributed by atoms with Crippen LogP contribution in [0.15, 0.2) is 41.0 Å². The molecule has 1 fully saturated rings. The lowest BCUT2D eigenvalue weighted by Gasteiger charge is -2.45. The molecule has 1 aliphatic heterocycles. The first-order chi connectivity index (χ1) is 15.3. The molecule has 2 amide bonds. The summed E-state index contributed by atoms with van der Waals surface area (Å²) in [5, 5.41) is 3.33. The molecule has 168 valence electrons. The van der Waals surface area contributed by atoms with Gasteiger partial charge < -0.3 is 14.3 Å². The maximum atomic E-state index is 13.9. The first-order valence-electron chi connectivity index (χ1n) is 11.6. The van der Waals surface area contributed by atoms with E-state index in [9.17, 15) is 9.59 Å². The van der Waals surface area contributed by atoms with Gasteiger partial charge in [-0.2, -0.15) is 0 Å². The van der Waals surface area contributed by atoms with E-state index in [2.05, 4.69) is 12.2 Å². The first-order valence-corrected chi connectivity index (χ1v) is 11.6. The van der Waals surface area contributed by atoms with Crippen molar-refractivity contribution < 1.29 is 14.0 Å². The fraction of sp³-hybridized carbons (Fsp3) is 0.462. The second kappa shape index (κ2) is 7.54. The van der Waals surface area contributed by atoms with E-state index in [4.69, 9.17) is 4.42 Å². The minimum atomic E-state index is -1.07. The predicted molar refractivity (Wildman–Crippen MR) is 125 cm³/mol. The van der Waals surface area contributed by atoms with Gasteiger partial charge in [-0.05, 0) is 56.7 Å². The van der Waals surface area contributed by atoms with Gasteiger partial charge in [0.25, 0.3) is 5.91 Å². The number of carbonyl (C=O) groups is 2. The molecule has 1 saturated carbocycles. The summed E-state index contributed by atoms with van der Waals surface area (Å²) in [5.74, 6) is 0.166. The Bertz CT molecular complexity index is 1210. The number of carbonyl (C=O) groups excluding carboxylic acids is 2. The molecule has 0 unspecified atom stereocenters. The van der Waals surface area contributed by atoms with Crippen LogP contribution in [-0.4, -0.2) is 28.0 Å². The number of nitrogens with zero attached hydrogens (tertiary/aromatic N) is 2. The summed E-state index contributed by atoms with van der Waals surface area (Å²) in [6.45, 7) is 8.52. The number of aromatic nitrogens is 1. The highest BCUT2D eigenvalue weighted by Crippen LogP contribution is 2.38. The largest absolute Gasteiger partial charge is 0.463 e. The summed E-state index contributed by atoms with van der Waals surface area (Å²) in [5.41, 5.74) is 3.88. The van der Waals surface area contributed by atoms with Crippen LogP contribution in [-0.2, 0) is 11.3 Å². The van der Waals surface area contributed by atoms with Crippen LogP contribution in [0.25, 0.3) is 11.1 Å². The molecule has 0 spiro atoms. The molecular weight excluding hydrogens is 402 g/mol. The summed E-state index contributed by atoms with van der Waals surface area (Å²) in [6, 6.07) is 9.72. The summed E-state index contributed by atoms with van der Waals surface area (Å²) in [4.78, 5) is 29.5. The van der Waals surface area contributed by atoms with Gasteiger partial charge >= 0.3 is 0 Å². The summed E-state index contributed by atoms with van der Waals surface area (Å²) in [7, 11) is 0. The molecule has 5 rings (SSSR count). The SMILES string of the molecule is Cc1cccc(N2C(=O)c3cc4occc4n3C[C@]2(C)C(=O)N[C@@H]2CCCC[C@H]2C)c1C. The van der Waals surface area contributed by atoms with E-state index in [-0.39, 0.29) is 17.9 Å². The molecule has 3 atom stereocenters. The van der Waals surface area contributed by atoms with Crippen LogP contribution in [0.1, 0.15) is 61.1 Å². The minimum absolute atomic E-state index is 0.0958. The first kappa shape index (κ1) is 20.9. The number of nitrogens with one attached hydrogen (secondary N) is 1. The van der Waals surface area contributed by atoms with Gasteiger partial charge in [-0.1, -0.05) is 31.9 Å². The topological polar surface area (TPSA) is 67.5 Å². The molecule has 0 bridgehead atoms. The predicted octanol–water partition coefficient (Wildman–Crippen LogP) is 4.97. The average molecular weight is 434 g/mol. The monoisotopic (exact) mass is 433 g/mol.